The zero-order valence-electron chi connectivity index (χ0n) is 32.6. The first-order valence-electron chi connectivity index (χ1n) is 20.8. The molecule has 57 heavy (non-hydrogen) atoms. The Bertz CT molecular complexity index is 2150. The minimum absolute atomic E-state index is 0.0640. The molecule has 2 aromatic carbocycles. The number of benzene rings is 2. The van der Waals surface area contributed by atoms with Crippen LogP contribution in [-0.2, 0) is 23.4 Å². The van der Waals surface area contributed by atoms with Crippen molar-refractivity contribution in [3.05, 3.63) is 80.7 Å². The van der Waals surface area contributed by atoms with Gasteiger partial charge in [-0.05, 0) is 65.1 Å². The Morgan fingerprint density at radius 3 is 2.86 bits per heavy atom. The van der Waals surface area contributed by atoms with Crippen molar-refractivity contribution in [3.63, 3.8) is 0 Å². The van der Waals surface area contributed by atoms with Gasteiger partial charge in [-0.1, -0.05) is 96.6 Å². The van der Waals surface area contributed by atoms with E-state index < -0.39 is 29.8 Å². The van der Waals surface area contributed by atoms with E-state index in [0.717, 1.165) is 96.3 Å². The average Bonchev–Trinajstić information content (AvgIpc) is 3.95. The molecule has 0 radical (unpaired) electrons. The van der Waals surface area contributed by atoms with Gasteiger partial charge in [0.25, 0.3) is 0 Å². The van der Waals surface area contributed by atoms with Crippen LogP contribution >= 0.6 is 21.6 Å². The van der Waals surface area contributed by atoms with E-state index in [2.05, 4.69) is 59.3 Å². The molecule has 10 rings (SSSR count). The number of ether oxygens (including phenoxy) is 2. The number of aliphatic hydroxyl groups excluding tert-OH is 2. The second-order valence-corrected chi connectivity index (χ2v) is 19.2. The van der Waals surface area contributed by atoms with E-state index in [1.807, 2.05) is 29.1 Å². The Balaban J connectivity index is 1.19. The number of ketones is 1. The Kier molecular flexibility index (Phi) is 11.3. The number of unbranched alkanes of at least 4 members (excludes halogenated alkanes) is 2. The first-order chi connectivity index (χ1) is 27.8. The average molecular weight is 805 g/mol. The lowest BCUT2D eigenvalue weighted by Crippen LogP contribution is -2.47. The molecule has 6 unspecified atom stereocenters. The fraction of sp³-hybridized carbons (Fsp3) is 0.522. The zero-order chi connectivity index (χ0) is 39.1. The number of carbonyl (C=O) groups excluding carboxylic acids is 1. The summed E-state index contributed by atoms with van der Waals surface area (Å²) in [5, 5.41) is 26.3. The molecule has 0 aromatic heterocycles. The van der Waals surface area contributed by atoms with Crippen molar-refractivity contribution in [3.8, 4) is 35.4 Å². The van der Waals surface area contributed by atoms with Crippen LogP contribution in [0, 0.1) is 35.2 Å². The van der Waals surface area contributed by atoms with Crippen LogP contribution in [0.5, 0.6) is 11.5 Å². The first-order valence-corrected chi connectivity index (χ1v) is 23.3. The third kappa shape index (κ3) is 7.57. The van der Waals surface area contributed by atoms with Crippen molar-refractivity contribution in [2.75, 3.05) is 18.8 Å². The molecule has 2 aromatic rings. The summed E-state index contributed by atoms with van der Waals surface area (Å²) in [5.74, 6) is 13.1. The SMILES string of the molecule is CCCCCC(O)CC(=O)CCc1ccc2c3c1CSSCC1CNC(N)c4ccc5c(c41)CC1=C4CN(C=C4N=C1)C(O3)C(C#CC5O)C1(C#CO2)CCCC1. The number of fused-ring (bicyclic) bond motifs is 4. The maximum Gasteiger partial charge on any atom is 0.187 e. The van der Waals surface area contributed by atoms with Crippen LogP contribution in [0.25, 0.3) is 0 Å². The number of hydrogen-bond acceptors (Lipinski definition) is 11. The highest BCUT2D eigenvalue weighted by Crippen LogP contribution is 2.51. The highest BCUT2D eigenvalue weighted by molar-refractivity contribution is 8.76. The molecule has 8 bridgehead atoms. The van der Waals surface area contributed by atoms with Crippen LogP contribution in [0.15, 0.2) is 52.3 Å². The lowest BCUT2D eigenvalue weighted by atomic mass is 9.73. The number of aliphatic imine (C=N–C) groups is 1. The van der Waals surface area contributed by atoms with Crippen molar-refractivity contribution in [1.29, 1.82) is 0 Å². The third-order valence-corrected chi connectivity index (χ3v) is 15.4. The summed E-state index contributed by atoms with van der Waals surface area (Å²) in [6, 6.07) is 8.11. The molecule has 9 nitrogen and oxygen atoms in total. The van der Waals surface area contributed by atoms with Crippen molar-refractivity contribution < 1.29 is 24.5 Å². The molecule has 6 atom stereocenters. The minimum Gasteiger partial charge on any atom is -0.465 e. The van der Waals surface area contributed by atoms with E-state index in [1.165, 1.54) is 11.1 Å². The van der Waals surface area contributed by atoms with E-state index in [0.29, 0.717) is 49.5 Å². The number of aryl methyl sites for hydroxylation is 1. The predicted molar refractivity (Wildman–Crippen MR) is 226 cm³/mol. The largest absolute Gasteiger partial charge is 0.465 e. The van der Waals surface area contributed by atoms with Crippen LogP contribution in [0.2, 0.25) is 0 Å². The highest BCUT2D eigenvalue weighted by atomic mass is 33.1. The van der Waals surface area contributed by atoms with Crippen molar-refractivity contribution in [1.82, 2.24) is 10.2 Å². The molecule has 7 heterocycles. The van der Waals surface area contributed by atoms with E-state index in [1.54, 1.807) is 10.8 Å². The summed E-state index contributed by atoms with van der Waals surface area (Å²) < 4.78 is 13.8. The van der Waals surface area contributed by atoms with Gasteiger partial charge in [0.1, 0.15) is 18.0 Å². The molecule has 1 aliphatic carbocycles. The number of nitrogens with one attached hydrogen (secondary N) is 1. The Morgan fingerprint density at radius 1 is 1.14 bits per heavy atom. The molecule has 7 aliphatic heterocycles. The van der Waals surface area contributed by atoms with Gasteiger partial charge in [0.15, 0.2) is 17.7 Å². The number of nitrogens with two attached hydrogens (primary N) is 1. The molecule has 1 fully saturated rings. The number of aliphatic hydroxyl groups is 2. The number of Topliss-reactive ketones (excluding diaryl/α,β-unsaturated/α-hetero) is 1. The van der Waals surface area contributed by atoms with E-state index in [-0.39, 0.29) is 24.3 Å². The van der Waals surface area contributed by atoms with Crippen LogP contribution < -0.4 is 20.5 Å². The van der Waals surface area contributed by atoms with Crippen molar-refractivity contribution >= 4 is 33.6 Å². The first kappa shape index (κ1) is 38.8. The van der Waals surface area contributed by atoms with Gasteiger partial charge in [0, 0.05) is 73.3 Å². The Labute approximate surface area is 344 Å². The second kappa shape index (κ2) is 16.5. The molecular weight excluding hydrogens is 753 g/mol. The van der Waals surface area contributed by atoms with E-state index >= 15 is 0 Å². The summed E-state index contributed by atoms with van der Waals surface area (Å²) in [6.45, 7) is 3.47. The van der Waals surface area contributed by atoms with Crippen LogP contribution in [0.4, 0.5) is 0 Å². The van der Waals surface area contributed by atoms with E-state index in [4.69, 9.17) is 20.2 Å². The second-order valence-electron chi connectivity index (χ2n) is 16.7. The van der Waals surface area contributed by atoms with Crippen LogP contribution in [0.1, 0.15) is 123 Å². The Morgan fingerprint density at radius 2 is 2.00 bits per heavy atom. The summed E-state index contributed by atoms with van der Waals surface area (Å²) in [5.41, 5.74) is 15.7. The third-order valence-electron chi connectivity index (χ3n) is 13.0. The van der Waals surface area contributed by atoms with Gasteiger partial charge in [0.05, 0.1) is 29.3 Å². The monoisotopic (exact) mass is 804 g/mol. The van der Waals surface area contributed by atoms with E-state index in [9.17, 15) is 15.0 Å². The van der Waals surface area contributed by atoms with Gasteiger partial charge in [-0.25, -0.2) is 0 Å². The molecule has 1 saturated carbocycles. The van der Waals surface area contributed by atoms with Crippen LogP contribution in [-0.4, -0.2) is 58.3 Å². The molecule has 0 saturated heterocycles. The van der Waals surface area contributed by atoms with Gasteiger partial charge < -0.3 is 30.3 Å². The molecule has 298 valence electrons. The van der Waals surface area contributed by atoms with Gasteiger partial charge in [-0.3, -0.25) is 15.1 Å². The van der Waals surface area contributed by atoms with Gasteiger partial charge in [-0.15, -0.1) is 0 Å². The number of carbonyl (C=O) groups is 1. The lowest BCUT2D eigenvalue weighted by Gasteiger charge is -2.40. The standard InChI is InChI=1S/C46H52N4O5S2/c1-2-3-4-7-31(51)21-32(52)10-8-28-9-15-41-43-37(28)27-57-56-26-30-23-49-44(47)34-12-11-33-35(42(30)34)20-29-22-48-39-25-50(24-36(29)39)45(55-43)38(13-14-40(33)53)46(18-19-54-41)16-5-6-17-46/h9,11-12,15,22,25,30-31,38,40,44-45,49,51,53H,2-8,10,16-17,20-21,23-24,26-27,47H2,1H3. The quantitative estimate of drug-likeness (QED) is 0.118. The summed E-state index contributed by atoms with van der Waals surface area (Å²) in [4.78, 5) is 20.5. The van der Waals surface area contributed by atoms with Crippen molar-refractivity contribution in [2.45, 2.75) is 120 Å². The number of nitrogens with zero attached hydrogens (tertiary/aromatic N) is 2. The zero-order valence-corrected chi connectivity index (χ0v) is 34.3. The summed E-state index contributed by atoms with van der Waals surface area (Å²) in [6.07, 6.45) is 13.9. The van der Waals surface area contributed by atoms with Crippen LogP contribution in [0.3, 0.4) is 0 Å². The molecule has 0 amide bonds. The fourth-order valence-electron chi connectivity index (χ4n) is 9.91. The number of allylic oxidation sites excluding steroid dienone is 1. The maximum absolute atomic E-state index is 13.3. The lowest BCUT2D eigenvalue weighted by molar-refractivity contribution is -0.121. The molecule has 1 spiro atoms. The summed E-state index contributed by atoms with van der Waals surface area (Å²) >= 11 is 0. The van der Waals surface area contributed by atoms with Gasteiger partial charge in [0.2, 0.25) is 0 Å². The molecule has 8 aliphatic rings. The molecule has 5 N–H and O–H groups in total. The van der Waals surface area contributed by atoms with Gasteiger partial charge >= 0.3 is 0 Å². The minimum atomic E-state index is -1.02. The smallest absolute Gasteiger partial charge is 0.187 e. The normalized spacial score (nSPS) is 26.8. The highest BCUT2D eigenvalue weighted by Gasteiger charge is 2.49. The number of rotatable bonds is 9. The predicted octanol–water partition coefficient (Wildman–Crippen LogP) is 7.12. The Hall–Kier alpha value is -3.68. The topological polar surface area (TPSA) is 130 Å². The van der Waals surface area contributed by atoms with Gasteiger partial charge in [-0.2, -0.15) is 0 Å². The summed E-state index contributed by atoms with van der Waals surface area (Å²) in [7, 11) is 3.59. The van der Waals surface area contributed by atoms with Crippen molar-refractivity contribution in [2.24, 2.45) is 22.1 Å². The maximum atomic E-state index is 13.3. The molecule has 11 heteroatoms. The molecular formula is C46H52N4O5S2. The fourth-order valence-corrected chi connectivity index (χ4v) is 12.4. The number of hydrogen-bond donors (Lipinski definition) is 4.